The lowest BCUT2D eigenvalue weighted by atomic mass is 9.72. The van der Waals surface area contributed by atoms with Crippen LogP contribution in [-0.2, 0) is 4.79 Å². The van der Waals surface area contributed by atoms with E-state index in [-0.39, 0.29) is 29.0 Å². The van der Waals surface area contributed by atoms with Crippen LogP contribution in [0.2, 0.25) is 0 Å². The van der Waals surface area contributed by atoms with Crippen molar-refractivity contribution < 1.29 is 20.1 Å². The van der Waals surface area contributed by atoms with Gasteiger partial charge in [-0.2, -0.15) is 0 Å². The Balaban J connectivity index is 1.75. The van der Waals surface area contributed by atoms with Crippen molar-refractivity contribution in [3.05, 3.63) is 94.8 Å². The molecule has 172 valence electrons. The number of carbonyl (C=O) groups is 1. The van der Waals surface area contributed by atoms with Crippen molar-refractivity contribution in [1.29, 1.82) is 0 Å². The molecular weight excluding hydrogens is 412 g/mol. The molecule has 0 saturated carbocycles. The molecule has 2 aromatic carbocycles. The van der Waals surface area contributed by atoms with E-state index in [0.717, 1.165) is 35.6 Å². The van der Waals surface area contributed by atoms with Gasteiger partial charge in [-0.25, -0.2) is 0 Å². The first-order valence-corrected chi connectivity index (χ1v) is 11.3. The number of rotatable bonds is 7. The summed E-state index contributed by atoms with van der Waals surface area (Å²) in [5.41, 5.74) is 3.85. The Morgan fingerprint density at radius 1 is 1.00 bits per heavy atom. The van der Waals surface area contributed by atoms with E-state index in [0.29, 0.717) is 11.8 Å². The third-order valence-electron chi connectivity index (χ3n) is 6.13. The first-order chi connectivity index (χ1) is 15.7. The molecule has 2 unspecified atom stereocenters. The number of hydrogen-bond donors (Lipinski definition) is 3. The summed E-state index contributed by atoms with van der Waals surface area (Å²) in [7, 11) is 0. The fourth-order valence-electron chi connectivity index (χ4n) is 4.29. The first-order valence-electron chi connectivity index (χ1n) is 11.3. The molecule has 1 aliphatic rings. The van der Waals surface area contributed by atoms with E-state index in [4.69, 9.17) is 0 Å². The van der Waals surface area contributed by atoms with E-state index in [1.165, 1.54) is 17.7 Å². The quantitative estimate of drug-likeness (QED) is 0.187. The number of phenols is 2. The summed E-state index contributed by atoms with van der Waals surface area (Å²) < 4.78 is 0. The van der Waals surface area contributed by atoms with Gasteiger partial charge in [-0.3, -0.25) is 4.79 Å². The highest BCUT2D eigenvalue weighted by Gasteiger charge is 2.29. The second-order valence-electron chi connectivity index (χ2n) is 9.03. The molecule has 2 atom stereocenters. The van der Waals surface area contributed by atoms with E-state index in [2.05, 4.69) is 26.8 Å². The maximum absolute atomic E-state index is 12.1. The summed E-state index contributed by atoms with van der Waals surface area (Å²) in [6.07, 6.45) is 11.8. The zero-order chi connectivity index (χ0) is 24.0. The predicted molar refractivity (Wildman–Crippen MR) is 134 cm³/mol. The Kier molecular flexibility index (Phi) is 7.94. The molecule has 0 aliphatic heterocycles. The lowest BCUT2D eigenvalue weighted by Gasteiger charge is -2.33. The van der Waals surface area contributed by atoms with Crippen molar-refractivity contribution in [2.45, 2.75) is 39.5 Å². The van der Waals surface area contributed by atoms with Crippen LogP contribution in [0, 0.1) is 11.8 Å². The molecule has 0 spiro atoms. The molecule has 2 aromatic rings. The van der Waals surface area contributed by atoms with Gasteiger partial charge in [0.15, 0.2) is 5.78 Å². The normalized spacial score (nSPS) is 19.4. The fourth-order valence-corrected chi connectivity index (χ4v) is 4.29. The average Bonchev–Trinajstić information content (AvgIpc) is 2.78. The second-order valence-corrected chi connectivity index (χ2v) is 9.03. The Bertz CT molecular complexity index is 1100. The van der Waals surface area contributed by atoms with Crippen molar-refractivity contribution in [1.82, 2.24) is 0 Å². The number of benzene rings is 2. The summed E-state index contributed by atoms with van der Waals surface area (Å²) >= 11 is 0. The van der Waals surface area contributed by atoms with E-state index in [9.17, 15) is 20.1 Å². The molecule has 0 aromatic heterocycles. The lowest BCUT2D eigenvalue weighted by molar-refractivity contribution is -0.110. The fraction of sp³-hybridized carbons (Fsp3) is 0.276. The highest BCUT2D eigenvalue weighted by molar-refractivity contribution is 6.02. The van der Waals surface area contributed by atoms with Crippen molar-refractivity contribution in [2.24, 2.45) is 11.8 Å². The number of carbonyl (C=O) groups excluding carboxylic acids is 1. The number of ketones is 1. The maximum atomic E-state index is 12.1. The second kappa shape index (κ2) is 10.9. The average molecular weight is 445 g/mol. The van der Waals surface area contributed by atoms with Crippen LogP contribution >= 0.6 is 0 Å². The van der Waals surface area contributed by atoms with E-state index in [1.807, 2.05) is 6.07 Å². The van der Waals surface area contributed by atoms with E-state index in [1.54, 1.807) is 48.6 Å². The number of hydrogen-bond acceptors (Lipinski definition) is 4. The minimum Gasteiger partial charge on any atom is -0.508 e. The minimum atomic E-state index is -0.348. The van der Waals surface area contributed by atoms with E-state index >= 15 is 0 Å². The van der Waals surface area contributed by atoms with Crippen molar-refractivity contribution in [3.63, 3.8) is 0 Å². The number of aliphatic hydroxyl groups is 1. The molecule has 3 rings (SSSR count). The molecule has 4 nitrogen and oxygen atoms in total. The molecule has 0 heterocycles. The molecule has 0 radical (unpaired) electrons. The van der Waals surface area contributed by atoms with Crippen LogP contribution in [-0.4, -0.2) is 21.1 Å². The van der Waals surface area contributed by atoms with Gasteiger partial charge >= 0.3 is 0 Å². The SMILES string of the molecule is CC1=CC(c2cc(/C=C/C(O)=C/C(=O)/C=C/c3ccc(O)cc3)ccc2O)C(C(C)C)CC1. The van der Waals surface area contributed by atoms with E-state index < -0.39 is 0 Å². The first kappa shape index (κ1) is 24.1. The lowest BCUT2D eigenvalue weighted by Crippen LogP contribution is -2.21. The summed E-state index contributed by atoms with van der Waals surface area (Å²) in [5.74, 6) is 1.06. The molecule has 0 saturated heterocycles. The van der Waals surface area contributed by atoms with Crippen LogP contribution in [0.3, 0.4) is 0 Å². The number of aliphatic hydroxyl groups excluding tert-OH is 1. The summed E-state index contributed by atoms with van der Waals surface area (Å²) in [6.45, 7) is 6.59. The summed E-state index contributed by atoms with van der Waals surface area (Å²) in [6, 6.07) is 11.9. The highest BCUT2D eigenvalue weighted by atomic mass is 16.3. The van der Waals surface area contributed by atoms with Gasteiger partial charge < -0.3 is 15.3 Å². The van der Waals surface area contributed by atoms with Gasteiger partial charge in [0.25, 0.3) is 0 Å². The largest absolute Gasteiger partial charge is 0.508 e. The molecule has 0 fully saturated rings. The topological polar surface area (TPSA) is 77.8 Å². The molecule has 33 heavy (non-hydrogen) atoms. The van der Waals surface area contributed by atoms with Gasteiger partial charge in [-0.1, -0.05) is 55.8 Å². The molecule has 0 amide bonds. The van der Waals surface area contributed by atoms with Crippen molar-refractivity contribution in [3.8, 4) is 11.5 Å². The third kappa shape index (κ3) is 6.72. The minimum absolute atomic E-state index is 0.154. The van der Waals surface area contributed by atoms with Gasteiger partial charge in [-0.05, 0) is 79.1 Å². The summed E-state index contributed by atoms with van der Waals surface area (Å²) in [4.78, 5) is 12.1. The Labute approximate surface area is 195 Å². The summed E-state index contributed by atoms with van der Waals surface area (Å²) in [5, 5.41) is 30.0. The van der Waals surface area contributed by atoms with Crippen molar-refractivity contribution in [2.75, 3.05) is 0 Å². The van der Waals surface area contributed by atoms with Crippen LogP contribution in [0.4, 0.5) is 0 Å². The highest BCUT2D eigenvalue weighted by Crippen LogP contribution is 2.43. The van der Waals surface area contributed by atoms with Gasteiger partial charge in [0, 0.05) is 17.6 Å². The standard InChI is InChI=1S/C29H32O4/c1-19(2)26-14-4-20(3)16-27(26)28-17-22(9-15-29(28)33)8-13-25(32)18-24(31)12-7-21-5-10-23(30)11-6-21/h5-13,15-19,26-27,30,32-33H,4,14H2,1-3H3/b12-7+,13-8+,25-18-. The zero-order valence-electron chi connectivity index (χ0n) is 19.4. The van der Waals surface area contributed by atoms with Gasteiger partial charge in [0.1, 0.15) is 17.3 Å². The van der Waals surface area contributed by atoms with Gasteiger partial charge in [0.05, 0.1) is 0 Å². The Morgan fingerprint density at radius 2 is 1.67 bits per heavy atom. The maximum Gasteiger partial charge on any atom is 0.182 e. The van der Waals surface area contributed by atoms with Crippen LogP contribution in [0.1, 0.15) is 56.2 Å². The Hall–Kier alpha value is -3.53. The van der Waals surface area contributed by atoms with Crippen LogP contribution in [0.15, 0.2) is 78.1 Å². The monoisotopic (exact) mass is 444 g/mol. The molecule has 3 N–H and O–H groups in total. The van der Waals surface area contributed by atoms with Crippen LogP contribution < -0.4 is 0 Å². The Morgan fingerprint density at radius 3 is 2.36 bits per heavy atom. The van der Waals surface area contributed by atoms with Gasteiger partial charge in [-0.15, -0.1) is 0 Å². The predicted octanol–water partition coefficient (Wildman–Crippen LogP) is 6.93. The van der Waals surface area contributed by atoms with Crippen molar-refractivity contribution >= 4 is 17.9 Å². The third-order valence-corrected chi connectivity index (χ3v) is 6.13. The number of phenolic OH excluding ortho intramolecular Hbond substituents is 2. The molecule has 1 aliphatic carbocycles. The van der Waals surface area contributed by atoms with Crippen LogP contribution in [0.25, 0.3) is 12.2 Å². The smallest absolute Gasteiger partial charge is 0.182 e. The number of aromatic hydroxyl groups is 2. The van der Waals surface area contributed by atoms with Gasteiger partial charge in [0.2, 0.25) is 0 Å². The molecule has 0 bridgehead atoms. The van der Waals surface area contributed by atoms with Crippen LogP contribution in [0.5, 0.6) is 11.5 Å². The zero-order valence-corrected chi connectivity index (χ0v) is 19.4. The molecule has 4 heteroatoms. The number of allylic oxidation sites excluding steroid dienone is 5. The molecular formula is C29H32O4.